The van der Waals surface area contributed by atoms with Crippen molar-refractivity contribution < 1.29 is 5.11 Å². The number of guanidine groups is 1. The summed E-state index contributed by atoms with van der Waals surface area (Å²) in [6.07, 6.45) is 5.75. The van der Waals surface area contributed by atoms with Crippen molar-refractivity contribution in [3.05, 3.63) is 0 Å². The van der Waals surface area contributed by atoms with E-state index < -0.39 is 0 Å². The highest BCUT2D eigenvalue weighted by molar-refractivity contribution is 5.80. The van der Waals surface area contributed by atoms with Crippen molar-refractivity contribution in [2.75, 3.05) is 32.8 Å². The number of nitrogens with one attached hydrogen (secondary N) is 1. The number of aliphatic imine (C=N–C) groups is 1. The van der Waals surface area contributed by atoms with Crippen LogP contribution in [0.4, 0.5) is 0 Å². The molecule has 18 heavy (non-hydrogen) atoms. The molecule has 0 bridgehead atoms. The third kappa shape index (κ3) is 5.25. The molecule has 1 fully saturated rings. The van der Waals surface area contributed by atoms with E-state index in [0.717, 1.165) is 45.0 Å². The highest BCUT2D eigenvalue weighted by Gasteiger charge is 2.16. The van der Waals surface area contributed by atoms with Crippen LogP contribution < -0.4 is 5.32 Å². The molecule has 0 spiro atoms. The van der Waals surface area contributed by atoms with Crippen LogP contribution in [-0.2, 0) is 0 Å². The molecule has 0 saturated carbocycles. The van der Waals surface area contributed by atoms with Crippen molar-refractivity contribution in [2.45, 2.75) is 46.0 Å². The molecule has 0 radical (unpaired) electrons. The quantitative estimate of drug-likeness (QED) is 0.539. The van der Waals surface area contributed by atoms with Gasteiger partial charge in [0, 0.05) is 32.8 Å². The van der Waals surface area contributed by atoms with Crippen LogP contribution in [0.2, 0.25) is 0 Å². The third-order valence-electron chi connectivity index (χ3n) is 3.47. The Morgan fingerprint density at radius 3 is 2.56 bits per heavy atom. The van der Waals surface area contributed by atoms with Gasteiger partial charge in [0.2, 0.25) is 0 Å². The fourth-order valence-electron chi connectivity index (χ4n) is 2.49. The molecule has 0 aromatic rings. The molecular formula is C14H29N3O. The molecule has 2 N–H and O–H groups in total. The van der Waals surface area contributed by atoms with Gasteiger partial charge in [0.05, 0.1) is 0 Å². The van der Waals surface area contributed by atoms with E-state index in [1.807, 2.05) is 0 Å². The van der Waals surface area contributed by atoms with Crippen LogP contribution in [-0.4, -0.2) is 48.8 Å². The fourth-order valence-corrected chi connectivity index (χ4v) is 2.49. The van der Waals surface area contributed by atoms with Crippen LogP contribution in [0.25, 0.3) is 0 Å². The summed E-state index contributed by atoms with van der Waals surface area (Å²) < 4.78 is 0. The van der Waals surface area contributed by atoms with Gasteiger partial charge in [0.25, 0.3) is 0 Å². The Morgan fingerprint density at radius 2 is 2.00 bits per heavy atom. The van der Waals surface area contributed by atoms with Crippen molar-refractivity contribution in [2.24, 2.45) is 10.9 Å². The first-order chi connectivity index (χ1) is 8.81. The number of aliphatic hydroxyl groups excluding tert-OH is 1. The summed E-state index contributed by atoms with van der Waals surface area (Å²) in [5, 5.41) is 12.4. The summed E-state index contributed by atoms with van der Waals surface area (Å²) in [5.41, 5.74) is 0. The summed E-state index contributed by atoms with van der Waals surface area (Å²) in [7, 11) is 0. The molecule has 106 valence electrons. The smallest absolute Gasteiger partial charge is 0.193 e. The highest BCUT2D eigenvalue weighted by Crippen LogP contribution is 2.12. The first-order valence-corrected chi connectivity index (χ1v) is 7.45. The average molecular weight is 255 g/mol. The van der Waals surface area contributed by atoms with Gasteiger partial charge in [-0.25, -0.2) is 0 Å². The van der Waals surface area contributed by atoms with E-state index in [0.29, 0.717) is 5.92 Å². The molecule has 0 aromatic heterocycles. The topological polar surface area (TPSA) is 47.9 Å². The molecule has 1 heterocycles. The average Bonchev–Trinajstić information content (AvgIpc) is 2.88. The molecule has 1 aliphatic rings. The van der Waals surface area contributed by atoms with E-state index in [1.54, 1.807) is 0 Å². The monoisotopic (exact) mass is 255 g/mol. The summed E-state index contributed by atoms with van der Waals surface area (Å²) in [6.45, 7) is 8.61. The summed E-state index contributed by atoms with van der Waals surface area (Å²) in [4.78, 5) is 7.11. The first kappa shape index (κ1) is 15.3. The lowest BCUT2D eigenvalue weighted by molar-refractivity contribution is 0.253. The van der Waals surface area contributed by atoms with Gasteiger partial charge in [-0.1, -0.05) is 13.3 Å². The number of rotatable bonds is 7. The summed E-state index contributed by atoms with van der Waals surface area (Å²) in [5.74, 6) is 1.59. The van der Waals surface area contributed by atoms with Crippen LogP contribution in [0.1, 0.15) is 46.0 Å². The molecule has 0 amide bonds. The van der Waals surface area contributed by atoms with Crippen molar-refractivity contribution in [3.63, 3.8) is 0 Å². The third-order valence-corrected chi connectivity index (χ3v) is 3.47. The van der Waals surface area contributed by atoms with Crippen molar-refractivity contribution >= 4 is 5.96 Å². The second-order valence-corrected chi connectivity index (χ2v) is 5.06. The maximum absolute atomic E-state index is 9.07. The molecule has 1 atom stereocenters. The predicted octanol–water partition coefficient (Wildman–Crippen LogP) is 1.85. The van der Waals surface area contributed by atoms with Gasteiger partial charge in [0.1, 0.15) is 0 Å². The van der Waals surface area contributed by atoms with E-state index in [-0.39, 0.29) is 6.61 Å². The van der Waals surface area contributed by atoms with Crippen molar-refractivity contribution in [1.82, 2.24) is 10.2 Å². The zero-order valence-corrected chi connectivity index (χ0v) is 12.0. The van der Waals surface area contributed by atoms with Gasteiger partial charge >= 0.3 is 0 Å². The Hall–Kier alpha value is -0.770. The minimum absolute atomic E-state index is 0.278. The Balaban J connectivity index is 2.50. The molecular weight excluding hydrogens is 226 g/mol. The molecule has 0 aliphatic carbocycles. The highest BCUT2D eigenvalue weighted by atomic mass is 16.3. The van der Waals surface area contributed by atoms with E-state index in [2.05, 4.69) is 24.1 Å². The molecule has 0 aromatic carbocycles. The number of aliphatic hydroxyl groups is 1. The summed E-state index contributed by atoms with van der Waals surface area (Å²) >= 11 is 0. The normalized spacial score (nSPS) is 18.2. The number of hydrogen-bond acceptors (Lipinski definition) is 2. The van der Waals surface area contributed by atoms with Crippen LogP contribution in [0.15, 0.2) is 4.99 Å². The van der Waals surface area contributed by atoms with Crippen LogP contribution in [0, 0.1) is 5.92 Å². The molecule has 1 saturated heterocycles. The lowest BCUT2D eigenvalue weighted by Crippen LogP contribution is -2.39. The zero-order valence-electron chi connectivity index (χ0n) is 12.0. The minimum Gasteiger partial charge on any atom is -0.396 e. The van der Waals surface area contributed by atoms with Gasteiger partial charge in [-0.05, 0) is 38.5 Å². The van der Waals surface area contributed by atoms with E-state index in [1.165, 1.54) is 19.3 Å². The van der Waals surface area contributed by atoms with Gasteiger partial charge in [-0.2, -0.15) is 0 Å². The maximum atomic E-state index is 9.07. The lowest BCUT2D eigenvalue weighted by Gasteiger charge is -2.22. The molecule has 4 heteroatoms. The first-order valence-electron chi connectivity index (χ1n) is 7.45. The van der Waals surface area contributed by atoms with Crippen LogP contribution >= 0.6 is 0 Å². The van der Waals surface area contributed by atoms with E-state index in [4.69, 9.17) is 10.1 Å². The second-order valence-electron chi connectivity index (χ2n) is 5.06. The Kier molecular flexibility index (Phi) is 7.81. The van der Waals surface area contributed by atoms with Gasteiger partial charge in [-0.3, -0.25) is 4.99 Å². The number of hydrogen-bond donors (Lipinski definition) is 2. The van der Waals surface area contributed by atoms with Crippen molar-refractivity contribution in [3.8, 4) is 0 Å². The van der Waals surface area contributed by atoms with Gasteiger partial charge in [0.15, 0.2) is 5.96 Å². The van der Waals surface area contributed by atoms with Gasteiger partial charge in [-0.15, -0.1) is 0 Å². The Bertz CT molecular complexity index is 231. The molecule has 1 aliphatic heterocycles. The second kappa shape index (κ2) is 9.20. The maximum Gasteiger partial charge on any atom is 0.193 e. The Morgan fingerprint density at radius 1 is 1.28 bits per heavy atom. The van der Waals surface area contributed by atoms with Crippen molar-refractivity contribution in [1.29, 1.82) is 0 Å². The van der Waals surface area contributed by atoms with E-state index in [9.17, 15) is 0 Å². The zero-order chi connectivity index (χ0) is 13.2. The SMILES string of the molecule is CCCC(CCO)CN=C(NCC)N1CCCC1. The lowest BCUT2D eigenvalue weighted by atomic mass is 10.0. The predicted molar refractivity (Wildman–Crippen MR) is 76.9 cm³/mol. The number of likely N-dealkylation sites (tertiary alicyclic amines) is 1. The fraction of sp³-hybridized carbons (Fsp3) is 0.929. The standard InChI is InChI=1S/C14H29N3O/c1-3-7-13(8-11-18)12-16-14(15-4-2)17-9-5-6-10-17/h13,18H,3-12H2,1-2H3,(H,15,16). The van der Waals surface area contributed by atoms with E-state index >= 15 is 0 Å². The number of nitrogens with zero attached hydrogens (tertiary/aromatic N) is 2. The Labute approximate surface area is 111 Å². The van der Waals surface area contributed by atoms with Gasteiger partial charge < -0.3 is 15.3 Å². The van der Waals surface area contributed by atoms with Crippen LogP contribution in [0.5, 0.6) is 0 Å². The minimum atomic E-state index is 0.278. The summed E-state index contributed by atoms with van der Waals surface area (Å²) in [6, 6.07) is 0. The molecule has 1 unspecified atom stereocenters. The molecule has 1 rings (SSSR count). The largest absolute Gasteiger partial charge is 0.396 e. The molecule has 4 nitrogen and oxygen atoms in total. The van der Waals surface area contributed by atoms with Crippen LogP contribution in [0.3, 0.4) is 0 Å².